The fraction of sp³-hybridized carbons (Fsp3) is 0.773. The molecule has 1 saturated carbocycles. The van der Waals surface area contributed by atoms with Gasteiger partial charge in [0.1, 0.15) is 0 Å². The van der Waals surface area contributed by atoms with Crippen molar-refractivity contribution in [2.45, 2.75) is 76.9 Å². The number of amides is 1. The van der Waals surface area contributed by atoms with Crippen LogP contribution in [0.25, 0.3) is 0 Å². The Morgan fingerprint density at radius 3 is 2.41 bits per heavy atom. The summed E-state index contributed by atoms with van der Waals surface area (Å²) in [6.45, 7) is 7.16. The molecule has 27 heavy (non-hydrogen) atoms. The summed E-state index contributed by atoms with van der Waals surface area (Å²) >= 11 is 2.01. The van der Waals surface area contributed by atoms with Crippen LogP contribution < -0.4 is 5.32 Å². The van der Waals surface area contributed by atoms with Crippen molar-refractivity contribution >= 4 is 17.2 Å². The van der Waals surface area contributed by atoms with E-state index in [0.29, 0.717) is 18.4 Å². The van der Waals surface area contributed by atoms with Crippen molar-refractivity contribution in [3.63, 3.8) is 0 Å². The van der Waals surface area contributed by atoms with E-state index in [9.17, 15) is 4.79 Å². The van der Waals surface area contributed by atoms with Gasteiger partial charge in [0, 0.05) is 41.9 Å². The van der Waals surface area contributed by atoms with E-state index < -0.39 is 0 Å². The van der Waals surface area contributed by atoms with Crippen LogP contribution in [0.2, 0.25) is 0 Å². The molecule has 3 fully saturated rings. The van der Waals surface area contributed by atoms with Gasteiger partial charge in [-0.15, -0.1) is 11.3 Å². The zero-order valence-corrected chi connectivity index (χ0v) is 17.4. The zero-order valence-electron chi connectivity index (χ0n) is 16.6. The molecular formula is C22H35N3OS. The molecule has 1 aromatic heterocycles. The van der Waals surface area contributed by atoms with Crippen LogP contribution in [0.3, 0.4) is 0 Å². The van der Waals surface area contributed by atoms with Crippen LogP contribution in [-0.2, 0) is 17.9 Å². The molecule has 0 radical (unpaired) electrons. The van der Waals surface area contributed by atoms with Crippen LogP contribution in [0.15, 0.2) is 12.1 Å². The molecular weight excluding hydrogens is 354 g/mol. The topological polar surface area (TPSA) is 35.6 Å². The van der Waals surface area contributed by atoms with Gasteiger partial charge in [0.05, 0.1) is 0 Å². The molecule has 1 amide bonds. The van der Waals surface area contributed by atoms with E-state index in [2.05, 4.69) is 27.2 Å². The molecule has 0 unspecified atom stereocenters. The molecule has 1 aliphatic carbocycles. The fourth-order valence-corrected chi connectivity index (χ4v) is 5.65. The molecule has 3 aliphatic rings. The van der Waals surface area contributed by atoms with Gasteiger partial charge in [-0.05, 0) is 82.6 Å². The Kier molecular flexibility index (Phi) is 6.85. The molecule has 1 aromatic rings. The lowest BCUT2D eigenvalue weighted by atomic mass is 9.93. The molecule has 2 aliphatic heterocycles. The number of rotatable bonds is 8. The molecule has 5 heteroatoms. The molecule has 0 spiro atoms. The van der Waals surface area contributed by atoms with Crippen molar-refractivity contribution in [1.29, 1.82) is 0 Å². The summed E-state index contributed by atoms with van der Waals surface area (Å²) < 4.78 is 0. The van der Waals surface area contributed by atoms with Crippen LogP contribution in [0.1, 0.15) is 67.5 Å². The average molecular weight is 390 g/mol. The lowest BCUT2D eigenvalue weighted by molar-refractivity contribution is -0.121. The average Bonchev–Trinajstić information content (AvgIpc) is 3.39. The van der Waals surface area contributed by atoms with Crippen molar-refractivity contribution < 1.29 is 4.79 Å². The second-order valence-corrected chi connectivity index (χ2v) is 10.1. The number of nitrogens with zero attached hydrogens (tertiary/aromatic N) is 2. The van der Waals surface area contributed by atoms with Crippen LogP contribution in [0.4, 0.5) is 0 Å². The van der Waals surface area contributed by atoms with Crippen molar-refractivity contribution in [2.75, 3.05) is 26.2 Å². The highest BCUT2D eigenvalue weighted by Gasteiger charge is 2.25. The third kappa shape index (κ3) is 6.30. The quantitative estimate of drug-likeness (QED) is 0.730. The minimum atomic E-state index is 0.273. The number of nitrogens with one attached hydrogen (secondary N) is 1. The summed E-state index contributed by atoms with van der Waals surface area (Å²) in [6.07, 6.45) is 10.8. The fourth-order valence-electron chi connectivity index (χ4n) is 4.54. The largest absolute Gasteiger partial charge is 0.353 e. The molecule has 0 aromatic carbocycles. The predicted octanol–water partition coefficient (Wildman–Crippen LogP) is 4.00. The lowest BCUT2D eigenvalue weighted by Crippen LogP contribution is -2.35. The molecule has 4 nitrogen and oxygen atoms in total. The second-order valence-electron chi connectivity index (χ2n) is 8.83. The van der Waals surface area contributed by atoms with Gasteiger partial charge in [-0.1, -0.05) is 6.42 Å². The standard InChI is InChI=1S/C22H35N3OS/c26-22(23-19-7-8-19)11-6-18-5-4-14-25(15-18)17-21-10-9-20(27-21)16-24-12-2-1-3-13-24/h9-10,18-19H,1-8,11-17H2,(H,23,26)/t18-/m1/s1. The van der Waals surface area contributed by atoms with E-state index in [-0.39, 0.29) is 5.91 Å². The van der Waals surface area contributed by atoms with Crippen molar-refractivity contribution in [3.05, 3.63) is 21.9 Å². The third-order valence-corrected chi connectivity index (χ3v) is 7.30. The molecule has 1 N–H and O–H groups in total. The van der Waals surface area contributed by atoms with E-state index in [0.717, 1.165) is 26.1 Å². The number of hydrogen-bond donors (Lipinski definition) is 1. The number of piperidine rings is 2. The third-order valence-electron chi connectivity index (χ3n) is 6.25. The Morgan fingerprint density at radius 2 is 1.67 bits per heavy atom. The number of carbonyl (C=O) groups excluding carboxylic acids is 1. The van der Waals surface area contributed by atoms with E-state index in [1.165, 1.54) is 74.3 Å². The summed E-state index contributed by atoms with van der Waals surface area (Å²) in [5.74, 6) is 0.965. The first-order valence-corrected chi connectivity index (χ1v) is 11.9. The van der Waals surface area contributed by atoms with E-state index in [4.69, 9.17) is 0 Å². The summed E-state index contributed by atoms with van der Waals surface area (Å²) in [4.78, 5) is 20.2. The van der Waals surface area contributed by atoms with Gasteiger partial charge >= 0.3 is 0 Å². The van der Waals surface area contributed by atoms with Crippen LogP contribution >= 0.6 is 11.3 Å². The molecule has 4 rings (SSSR count). The van der Waals surface area contributed by atoms with E-state index in [1.54, 1.807) is 0 Å². The highest BCUT2D eigenvalue weighted by atomic mass is 32.1. The Morgan fingerprint density at radius 1 is 0.963 bits per heavy atom. The first-order chi connectivity index (χ1) is 13.2. The highest BCUT2D eigenvalue weighted by Crippen LogP contribution is 2.26. The maximum absolute atomic E-state index is 11.9. The van der Waals surface area contributed by atoms with Gasteiger partial charge in [-0.2, -0.15) is 0 Å². The van der Waals surface area contributed by atoms with Gasteiger partial charge in [0.2, 0.25) is 5.91 Å². The Balaban J connectivity index is 1.20. The maximum atomic E-state index is 11.9. The monoisotopic (exact) mass is 389 g/mol. The van der Waals surface area contributed by atoms with Gasteiger partial charge < -0.3 is 5.32 Å². The van der Waals surface area contributed by atoms with Crippen molar-refractivity contribution in [1.82, 2.24) is 15.1 Å². The van der Waals surface area contributed by atoms with Crippen LogP contribution in [-0.4, -0.2) is 47.9 Å². The van der Waals surface area contributed by atoms with E-state index >= 15 is 0 Å². The molecule has 2 saturated heterocycles. The van der Waals surface area contributed by atoms with Crippen LogP contribution in [0, 0.1) is 5.92 Å². The van der Waals surface area contributed by atoms with Gasteiger partial charge in [0.15, 0.2) is 0 Å². The predicted molar refractivity (Wildman–Crippen MR) is 112 cm³/mol. The molecule has 0 bridgehead atoms. The van der Waals surface area contributed by atoms with Gasteiger partial charge in [-0.25, -0.2) is 0 Å². The summed E-state index contributed by atoms with van der Waals surface area (Å²) in [7, 11) is 0. The number of hydrogen-bond acceptors (Lipinski definition) is 4. The summed E-state index contributed by atoms with van der Waals surface area (Å²) in [6, 6.07) is 5.19. The summed E-state index contributed by atoms with van der Waals surface area (Å²) in [5, 5.41) is 3.13. The SMILES string of the molecule is O=C(CC[C@H]1CCCN(Cc2ccc(CN3CCCCC3)s2)C1)NC1CC1. The minimum absolute atomic E-state index is 0.273. The van der Waals surface area contributed by atoms with E-state index in [1.807, 2.05) is 11.3 Å². The molecule has 150 valence electrons. The van der Waals surface area contributed by atoms with Crippen molar-refractivity contribution in [2.24, 2.45) is 5.92 Å². The van der Waals surface area contributed by atoms with Crippen LogP contribution in [0.5, 0.6) is 0 Å². The smallest absolute Gasteiger partial charge is 0.220 e. The minimum Gasteiger partial charge on any atom is -0.353 e. The van der Waals surface area contributed by atoms with Crippen molar-refractivity contribution in [3.8, 4) is 0 Å². The zero-order chi connectivity index (χ0) is 18.5. The second kappa shape index (κ2) is 9.53. The first kappa shape index (κ1) is 19.4. The first-order valence-electron chi connectivity index (χ1n) is 11.1. The highest BCUT2D eigenvalue weighted by molar-refractivity contribution is 7.11. The number of likely N-dealkylation sites (tertiary alicyclic amines) is 2. The number of carbonyl (C=O) groups is 1. The summed E-state index contributed by atoms with van der Waals surface area (Å²) in [5.41, 5.74) is 0. The Bertz CT molecular complexity index is 606. The molecule has 3 heterocycles. The Labute approximate surface area is 168 Å². The Hall–Kier alpha value is -0.910. The lowest BCUT2D eigenvalue weighted by Gasteiger charge is -2.32. The normalized spacial score (nSPS) is 24.8. The van der Waals surface area contributed by atoms with Gasteiger partial charge in [0.25, 0.3) is 0 Å². The number of thiophene rings is 1. The maximum Gasteiger partial charge on any atom is 0.220 e. The molecule has 1 atom stereocenters. The van der Waals surface area contributed by atoms with Gasteiger partial charge in [-0.3, -0.25) is 14.6 Å².